The highest BCUT2D eigenvalue weighted by Crippen LogP contribution is 2.31. The first-order valence-electron chi connectivity index (χ1n) is 11.3. The van der Waals surface area contributed by atoms with Gasteiger partial charge in [0.25, 0.3) is 0 Å². The van der Waals surface area contributed by atoms with Gasteiger partial charge in [-0.05, 0) is 36.4 Å². The van der Waals surface area contributed by atoms with Crippen molar-refractivity contribution in [2.45, 2.75) is 25.2 Å². The first kappa shape index (κ1) is 35.2. The molecule has 228 valence electrons. The molecule has 0 unspecified atom stereocenters. The van der Waals surface area contributed by atoms with Crippen LogP contribution in [0.2, 0.25) is 0 Å². The average Bonchev–Trinajstić information content (AvgIpc) is 2.87. The van der Waals surface area contributed by atoms with E-state index in [1.807, 2.05) is 0 Å². The normalized spacial score (nSPS) is 11.9. The summed E-state index contributed by atoms with van der Waals surface area (Å²) in [6, 6.07) is 9.15. The summed E-state index contributed by atoms with van der Waals surface area (Å²) in [4.78, 5) is 67.0. The fourth-order valence-corrected chi connectivity index (χ4v) is 3.02. The Bertz CT molecular complexity index is 1280. The van der Waals surface area contributed by atoms with E-state index in [0.29, 0.717) is 11.4 Å². The molecule has 42 heavy (non-hydrogen) atoms. The van der Waals surface area contributed by atoms with E-state index in [0.717, 1.165) is 0 Å². The number of amides is 2. The minimum atomic E-state index is -5.08. The van der Waals surface area contributed by atoms with Gasteiger partial charge in [0.15, 0.2) is 11.6 Å². The molecule has 12 nitrogen and oxygen atoms in total. The monoisotopic (exact) mass is 608 g/mol. The molecule has 8 N–H and O–H groups in total. The maximum atomic E-state index is 13.0. The highest BCUT2D eigenvalue weighted by molar-refractivity contribution is 6.29. The molecular weight excluding hydrogens is 586 g/mol. The van der Waals surface area contributed by atoms with Crippen LogP contribution in [0.3, 0.4) is 0 Å². The number of carboxylic acids is 2. The van der Waals surface area contributed by atoms with E-state index in [1.54, 1.807) is 12.1 Å². The van der Waals surface area contributed by atoms with Gasteiger partial charge in [-0.3, -0.25) is 19.2 Å². The summed E-state index contributed by atoms with van der Waals surface area (Å²) in [7, 11) is 0. The molecule has 0 fully saturated rings. The van der Waals surface area contributed by atoms with Crippen LogP contribution in [-0.2, 0) is 19.2 Å². The van der Waals surface area contributed by atoms with E-state index in [-0.39, 0.29) is 71.6 Å². The Labute approximate surface area is 231 Å². The number of rotatable bonds is 6. The van der Waals surface area contributed by atoms with Crippen molar-refractivity contribution in [1.29, 1.82) is 0 Å². The maximum absolute atomic E-state index is 13.0. The number of halogens is 6. The molecule has 2 aromatic rings. The number of aliphatic carboxylic acids is 2. The van der Waals surface area contributed by atoms with Crippen LogP contribution in [-0.4, -0.2) is 71.0 Å². The van der Waals surface area contributed by atoms with Gasteiger partial charge in [-0.25, -0.2) is 9.59 Å². The Hall–Kier alpha value is -4.84. The smallest absolute Gasteiger partial charge is 0.475 e. The predicted octanol–water partition coefficient (Wildman–Crippen LogP) is 2.30. The quantitative estimate of drug-likeness (QED) is 0.224. The van der Waals surface area contributed by atoms with Gasteiger partial charge in [0.2, 0.25) is 11.8 Å². The van der Waals surface area contributed by atoms with E-state index < -0.39 is 24.3 Å². The van der Waals surface area contributed by atoms with Gasteiger partial charge in [0, 0.05) is 59.6 Å². The van der Waals surface area contributed by atoms with Gasteiger partial charge in [-0.2, -0.15) is 26.3 Å². The highest BCUT2D eigenvalue weighted by atomic mass is 19.4. The Balaban J connectivity index is 0.000000522. The Morgan fingerprint density at radius 1 is 0.619 bits per heavy atom. The van der Waals surface area contributed by atoms with Gasteiger partial charge in [-0.15, -0.1) is 0 Å². The zero-order valence-corrected chi connectivity index (χ0v) is 21.1. The predicted molar refractivity (Wildman–Crippen MR) is 132 cm³/mol. The van der Waals surface area contributed by atoms with Gasteiger partial charge in [0.05, 0.1) is 0 Å². The SMILES string of the molecule is NCCC(=O)Nc1ccc2c(c1)C(=O)c1cc(NC(=O)CCN)ccc1C2=O.O=C(O)C(F)(F)F.O=C(O)C(F)(F)F. The number of hydrogen-bond donors (Lipinski definition) is 6. The zero-order chi connectivity index (χ0) is 32.4. The van der Waals surface area contributed by atoms with Crippen molar-refractivity contribution < 1.29 is 65.3 Å². The Morgan fingerprint density at radius 3 is 1.17 bits per heavy atom. The molecule has 0 saturated heterocycles. The first-order valence-corrected chi connectivity index (χ1v) is 11.3. The van der Waals surface area contributed by atoms with Gasteiger partial charge in [0.1, 0.15) is 0 Å². The van der Waals surface area contributed by atoms with E-state index in [1.165, 1.54) is 24.3 Å². The average molecular weight is 608 g/mol. The number of benzene rings is 2. The van der Waals surface area contributed by atoms with Crippen LogP contribution in [0.4, 0.5) is 37.7 Å². The largest absolute Gasteiger partial charge is 0.490 e. The molecule has 0 aromatic heterocycles. The molecule has 0 saturated carbocycles. The van der Waals surface area contributed by atoms with Crippen LogP contribution in [0.5, 0.6) is 0 Å². The first-order chi connectivity index (χ1) is 19.3. The van der Waals surface area contributed by atoms with Crippen molar-refractivity contribution >= 4 is 46.7 Å². The minimum absolute atomic E-state index is 0.151. The second-order valence-corrected chi connectivity index (χ2v) is 7.96. The van der Waals surface area contributed by atoms with Crippen molar-refractivity contribution in [2.75, 3.05) is 23.7 Å². The molecular formula is C24H22F6N4O8. The number of carbonyl (C=O) groups excluding carboxylic acids is 4. The van der Waals surface area contributed by atoms with Gasteiger partial charge in [-0.1, -0.05) is 0 Å². The molecule has 1 aliphatic carbocycles. The van der Waals surface area contributed by atoms with Crippen LogP contribution >= 0.6 is 0 Å². The second-order valence-electron chi connectivity index (χ2n) is 7.96. The second kappa shape index (κ2) is 14.7. The summed E-state index contributed by atoms with van der Waals surface area (Å²) in [5.41, 5.74) is 12.5. The molecule has 0 bridgehead atoms. The molecule has 1 aliphatic rings. The number of hydrogen-bond acceptors (Lipinski definition) is 8. The third-order valence-corrected chi connectivity index (χ3v) is 4.81. The molecule has 0 spiro atoms. The molecule has 0 radical (unpaired) electrons. The third kappa shape index (κ3) is 10.3. The number of ketones is 2. The zero-order valence-electron chi connectivity index (χ0n) is 21.1. The lowest BCUT2D eigenvalue weighted by molar-refractivity contribution is -0.193. The Kier molecular flexibility index (Phi) is 12.3. The molecule has 0 atom stereocenters. The van der Waals surface area contributed by atoms with E-state index in [9.17, 15) is 45.5 Å². The molecule has 2 aromatic carbocycles. The summed E-state index contributed by atoms with van der Waals surface area (Å²) in [6.45, 7) is 0.417. The number of nitrogens with one attached hydrogen (secondary N) is 2. The van der Waals surface area contributed by atoms with E-state index >= 15 is 0 Å². The van der Waals surface area contributed by atoms with E-state index in [4.69, 9.17) is 31.3 Å². The summed E-state index contributed by atoms with van der Waals surface area (Å²) in [5, 5.41) is 19.6. The maximum Gasteiger partial charge on any atom is 0.490 e. The lowest BCUT2D eigenvalue weighted by Gasteiger charge is -2.19. The number of fused-ring (bicyclic) bond motifs is 2. The van der Waals surface area contributed by atoms with Gasteiger partial charge < -0.3 is 32.3 Å². The molecule has 3 rings (SSSR count). The number of nitrogens with two attached hydrogens (primary N) is 2. The summed E-state index contributed by atoms with van der Waals surface area (Å²) in [6.07, 6.45) is -9.86. The lowest BCUT2D eigenvalue weighted by atomic mass is 9.83. The fourth-order valence-electron chi connectivity index (χ4n) is 3.02. The summed E-state index contributed by atoms with van der Waals surface area (Å²) in [5.74, 6) is -6.71. The van der Waals surface area contributed by atoms with Crippen molar-refractivity contribution in [2.24, 2.45) is 11.5 Å². The van der Waals surface area contributed by atoms with Crippen molar-refractivity contribution in [3.63, 3.8) is 0 Å². The standard InChI is InChI=1S/C20H20N4O4.2C2HF3O2/c21-7-5-17(25)23-11-1-3-13-15(9-11)20(28)16-10-12(24-18(26)6-8-22)2-4-14(16)19(13)27;2*3-2(4,5)1(6)7/h1-4,9-10H,5-8,21-22H2,(H,23,25)(H,24,26);2*(H,6,7). The van der Waals surface area contributed by atoms with Crippen molar-refractivity contribution in [3.8, 4) is 0 Å². The fraction of sp³-hybridized carbons (Fsp3) is 0.250. The molecule has 18 heteroatoms. The van der Waals surface area contributed by atoms with Crippen LogP contribution in [0.25, 0.3) is 0 Å². The van der Waals surface area contributed by atoms with E-state index in [2.05, 4.69) is 10.6 Å². The van der Waals surface area contributed by atoms with Crippen LogP contribution in [0.15, 0.2) is 36.4 Å². The number of carboxylic acid groups (broad SMARTS) is 2. The molecule has 0 aliphatic heterocycles. The molecule has 0 heterocycles. The van der Waals surface area contributed by atoms with Crippen molar-refractivity contribution in [3.05, 3.63) is 58.7 Å². The third-order valence-electron chi connectivity index (χ3n) is 4.81. The topological polar surface area (TPSA) is 219 Å². The lowest BCUT2D eigenvalue weighted by Crippen LogP contribution is -2.23. The van der Waals surface area contributed by atoms with Crippen molar-refractivity contribution in [1.82, 2.24) is 0 Å². The number of anilines is 2. The number of carbonyl (C=O) groups is 6. The Morgan fingerprint density at radius 2 is 0.905 bits per heavy atom. The van der Waals surface area contributed by atoms with Crippen LogP contribution < -0.4 is 22.1 Å². The highest BCUT2D eigenvalue weighted by Gasteiger charge is 2.39. The minimum Gasteiger partial charge on any atom is -0.475 e. The van der Waals surface area contributed by atoms with Crippen LogP contribution in [0, 0.1) is 0 Å². The van der Waals surface area contributed by atoms with Gasteiger partial charge >= 0.3 is 24.3 Å². The van der Waals surface area contributed by atoms with Crippen LogP contribution in [0.1, 0.15) is 44.7 Å². The summed E-state index contributed by atoms with van der Waals surface area (Å²) < 4.78 is 63.5. The summed E-state index contributed by atoms with van der Waals surface area (Å²) >= 11 is 0. The number of alkyl halides is 6. The molecule has 2 amide bonds.